The van der Waals surface area contributed by atoms with Crippen LogP contribution in [-0.2, 0) is 4.79 Å². The molecule has 2 aliphatic rings. The molecule has 2 heteroatoms. The zero-order valence-electron chi connectivity index (χ0n) is 11.4. The van der Waals surface area contributed by atoms with E-state index < -0.39 is 0 Å². The highest BCUT2D eigenvalue weighted by Gasteiger charge is 2.41. The zero-order valence-corrected chi connectivity index (χ0v) is 11.4. The van der Waals surface area contributed by atoms with Crippen molar-refractivity contribution < 1.29 is 4.79 Å². The Balaban J connectivity index is 2.17. The van der Waals surface area contributed by atoms with Gasteiger partial charge in [-0.05, 0) is 37.0 Å². The van der Waals surface area contributed by atoms with Crippen molar-refractivity contribution in [3.05, 3.63) is 12.7 Å². The number of hydrogen-bond donors (Lipinski definition) is 0. The average molecular weight is 235 g/mol. The largest absolute Gasteiger partial charge is 0.333 e. The van der Waals surface area contributed by atoms with Gasteiger partial charge in [0.25, 0.3) is 0 Å². The lowest BCUT2D eigenvalue weighted by Gasteiger charge is -2.32. The van der Waals surface area contributed by atoms with Crippen LogP contribution in [0.25, 0.3) is 0 Å². The minimum atomic E-state index is 0.297. The van der Waals surface area contributed by atoms with Gasteiger partial charge in [-0.1, -0.05) is 26.8 Å². The van der Waals surface area contributed by atoms with Crippen LogP contribution in [0, 0.1) is 11.3 Å². The molecule has 0 aromatic heterocycles. The van der Waals surface area contributed by atoms with Gasteiger partial charge in [0.2, 0.25) is 5.91 Å². The molecule has 0 saturated carbocycles. The van der Waals surface area contributed by atoms with Crippen LogP contribution in [0.4, 0.5) is 0 Å². The molecule has 0 radical (unpaired) electrons. The van der Waals surface area contributed by atoms with E-state index in [0.29, 0.717) is 29.3 Å². The second-order valence-corrected chi connectivity index (χ2v) is 6.67. The molecule has 0 aromatic rings. The fraction of sp³-hybridized carbons (Fsp3) is 0.800. The van der Waals surface area contributed by atoms with E-state index in [2.05, 4.69) is 32.3 Å². The molecule has 3 atom stereocenters. The lowest BCUT2D eigenvalue weighted by Crippen LogP contribution is -2.39. The summed E-state index contributed by atoms with van der Waals surface area (Å²) in [6, 6.07) is 0.767. The number of carbonyl (C=O) groups is 1. The second-order valence-electron chi connectivity index (χ2n) is 6.67. The molecule has 0 N–H and O–H groups in total. The highest BCUT2D eigenvalue weighted by atomic mass is 16.2. The van der Waals surface area contributed by atoms with E-state index in [-0.39, 0.29) is 0 Å². The van der Waals surface area contributed by atoms with Crippen molar-refractivity contribution in [1.29, 1.82) is 0 Å². The topological polar surface area (TPSA) is 20.3 Å². The molecule has 2 fully saturated rings. The molecule has 0 bridgehead atoms. The van der Waals surface area contributed by atoms with Gasteiger partial charge in [0, 0.05) is 12.5 Å². The van der Waals surface area contributed by atoms with Crippen LogP contribution in [-0.4, -0.2) is 22.9 Å². The predicted octanol–water partition coefficient (Wildman–Crippen LogP) is 3.38. The Labute approximate surface area is 105 Å². The van der Waals surface area contributed by atoms with Gasteiger partial charge in [-0.25, -0.2) is 0 Å². The van der Waals surface area contributed by atoms with Crippen molar-refractivity contribution in [2.75, 3.05) is 0 Å². The Morgan fingerprint density at radius 2 is 2.00 bits per heavy atom. The predicted molar refractivity (Wildman–Crippen MR) is 70.6 cm³/mol. The first-order valence-corrected chi connectivity index (χ1v) is 6.87. The Morgan fingerprint density at radius 3 is 2.59 bits per heavy atom. The molecule has 2 nitrogen and oxygen atoms in total. The SMILES string of the molecule is C=C[C@@H]1CC[C@H]2C[C@H](C(C)(C)C)CCC(=O)N21. The Hall–Kier alpha value is -0.790. The first-order chi connectivity index (χ1) is 7.93. The highest BCUT2D eigenvalue weighted by molar-refractivity contribution is 5.77. The number of amides is 1. The maximum atomic E-state index is 12.2. The second kappa shape index (κ2) is 4.47. The van der Waals surface area contributed by atoms with Crippen molar-refractivity contribution >= 4 is 5.91 Å². The number of carbonyl (C=O) groups excluding carboxylic acids is 1. The Kier molecular flexibility index (Phi) is 3.33. The number of rotatable bonds is 1. The van der Waals surface area contributed by atoms with Crippen LogP contribution in [0.5, 0.6) is 0 Å². The van der Waals surface area contributed by atoms with Gasteiger partial charge in [-0.2, -0.15) is 0 Å². The fourth-order valence-corrected chi connectivity index (χ4v) is 3.42. The molecule has 2 saturated heterocycles. The quantitative estimate of drug-likeness (QED) is 0.638. The van der Waals surface area contributed by atoms with E-state index in [1.807, 2.05) is 6.08 Å². The fourth-order valence-electron chi connectivity index (χ4n) is 3.42. The van der Waals surface area contributed by atoms with Gasteiger partial charge in [0.05, 0.1) is 6.04 Å². The summed E-state index contributed by atoms with van der Waals surface area (Å²) in [7, 11) is 0. The van der Waals surface area contributed by atoms with Crippen LogP contribution in [0.3, 0.4) is 0 Å². The maximum absolute atomic E-state index is 12.2. The van der Waals surface area contributed by atoms with Crippen molar-refractivity contribution in [2.45, 2.75) is 65.0 Å². The monoisotopic (exact) mass is 235 g/mol. The Morgan fingerprint density at radius 1 is 1.29 bits per heavy atom. The van der Waals surface area contributed by atoms with Crippen LogP contribution in [0.2, 0.25) is 0 Å². The molecule has 2 heterocycles. The molecule has 2 aliphatic heterocycles. The summed E-state index contributed by atoms with van der Waals surface area (Å²) in [6.45, 7) is 10.8. The molecular formula is C15H25NO. The minimum absolute atomic E-state index is 0.297. The summed E-state index contributed by atoms with van der Waals surface area (Å²) in [6.07, 6.45) is 7.18. The molecule has 0 aromatic carbocycles. The van der Waals surface area contributed by atoms with E-state index in [1.54, 1.807) is 0 Å². The van der Waals surface area contributed by atoms with Gasteiger partial charge in [0.15, 0.2) is 0 Å². The first kappa shape index (κ1) is 12.7. The number of hydrogen-bond acceptors (Lipinski definition) is 1. The van der Waals surface area contributed by atoms with Crippen molar-refractivity contribution in [3.8, 4) is 0 Å². The maximum Gasteiger partial charge on any atom is 0.223 e. The Bertz CT molecular complexity index is 315. The number of nitrogens with zero attached hydrogens (tertiary/aromatic N) is 1. The van der Waals surface area contributed by atoms with E-state index in [4.69, 9.17) is 0 Å². The summed E-state index contributed by atoms with van der Waals surface area (Å²) >= 11 is 0. The number of fused-ring (bicyclic) bond motifs is 1. The molecule has 96 valence electrons. The van der Waals surface area contributed by atoms with Crippen LogP contribution in [0.1, 0.15) is 52.9 Å². The molecule has 2 rings (SSSR count). The molecule has 1 amide bonds. The summed E-state index contributed by atoms with van der Waals surface area (Å²) < 4.78 is 0. The molecule has 0 unspecified atom stereocenters. The van der Waals surface area contributed by atoms with Gasteiger partial charge >= 0.3 is 0 Å². The van der Waals surface area contributed by atoms with E-state index in [1.165, 1.54) is 6.42 Å². The van der Waals surface area contributed by atoms with Crippen molar-refractivity contribution in [1.82, 2.24) is 4.90 Å². The molecule has 0 spiro atoms. The standard InChI is InChI=1S/C15H25NO/c1-5-12-7-8-13-10-11(15(2,3)4)6-9-14(17)16(12)13/h5,11-13H,1,6-10H2,2-4H3/t11-,12-,13+/m1/s1. The highest BCUT2D eigenvalue weighted by Crippen LogP contribution is 2.41. The van der Waals surface area contributed by atoms with Crippen molar-refractivity contribution in [3.63, 3.8) is 0 Å². The third-order valence-electron chi connectivity index (χ3n) is 4.59. The summed E-state index contributed by atoms with van der Waals surface area (Å²) in [5.74, 6) is 1.02. The van der Waals surface area contributed by atoms with Crippen LogP contribution in [0.15, 0.2) is 12.7 Å². The van der Waals surface area contributed by atoms with Crippen LogP contribution < -0.4 is 0 Å². The molecule has 0 aliphatic carbocycles. The van der Waals surface area contributed by atoms with Crippen molar-refractivity contribution in [2.24, 2.45) is 11.3 Å². The minimum Gasteiger partial charge on any atom is -0.333 e. The van der Waals surface area contributed by atoms with E-state index >= 15 is 0 Å². The van der Waals surface area contributed by atoms with Gasteiger partial charge in [-0.15, -0.1) is 6.58 Å². The van der Waals surface area contributed by atoms with Crippen LogP contribution >= 0.6 is 0 Å². The third-order valence-corrected chi connectivity index (χ3v) is 4.59. The van der Waals surface area contributed by atoms with E-state index in [9.17, 15) is 4.79 Å². The lowest BCUT2D eigenvalue weighted by atomic mass is 9.75. The summed E-state index contributed by atoms with van der Waals surface area (Å²) in [5.41, 5.74) is 0.322. The average Bonchev–Trinajstić information content (AvgIpc) is 2.57. The summed E-state index contributed by atoms with van der Waals surface area (Å²) in [5, 5.41) is 0. The lowest BCUT2D eigenvalue weighted by molar-refractivity contribution is -0.132. The zero-order chi connectivity index (χ0) is 12.6. The normalized spacial score (nSPS) is 34.4. The molecule has 17 heavy (non-hydrogen) atoms. The molecular weight excluding hydrogens is 210 g/mol. The smallest absolute Gasteiger partial charge is 0.223 e. The van der Waals surface area contributed by atoms with Gasteiger partial charge in [0.1, 0.15) is 0 Å². The van der Waals surface area contributed by atoms with E-state index in [0.717, 1.165) is 25.7 Å². The summed E-state index contributed by atoms with van der Waals surface area (Å²) in [4.78, 5) is 14.3. The third kappa shape index (κ3) is 2.41. The van der Waals surface area contributed by atoms with Gasteiger partial charge in [-0.3, -0.25) is 4.79 Å². The van der Waals surface area contributed by atoms with Gasteiger partial charge < -0.3 is 4.90 Å². The first-order valence-electron chi connectivity index (χ1n) is 6.87.